The second-order valence-electron chi connectivity index (χ2n) is 8.25. The number of tetrazole rings is 1. The van der Waals surface area contributed by atoms with E-state index in [9.17, 15) is 9.59 Å². The van der Waals surface area contributed by atoms with E-state index in [1.54, 1.807) is 6.92 Å². The average Bonchev–Trinajstić information content (AvgIpc) is 3.52. The van der Waals surface area contributed by atoms with Gasteiger partial charge in [0.15, 0.2) is 11.2 Å². The van der Waals surface area contributed by atoms with Crippen LogP contribution >= 0.6 is 0 Å². The molecule has 2 aromatic carbocycles. The summed E-state index contributed by atoms with van der Waals surface area (Å²) in [5.74, 6) is 1.16. The summed E-state index contributed by atoms with van der Waals surface area (Å²) in [5.41, 5.74) is 3.65. The molecule has 0 fully saturated rings. The lowest BCUT2D eigenvalue weighted by molar-refractivity contribution is 0.0588. The zero-order valence-corrected chi connectivity index (χ0v) is 19.8. The lowest BCUT2D eigenvalue weighted by Gasteiger charge is -2.15. The summed E-state index contributed by atoms with van der Waals surface area (Å²) in [6.07, 6.45) is -0.571. The molecule has 0 aliphatic heterocycles. The Balaban J connectivity index is 1.55. The van der Waals surface area contributed by atoms with Gasteiger partial charge in [-0.15, -0.1) is 10.2 Å². The summed E-state index contributed by atoms with van der Waals surface area (Å²) in [4.78, 5) is 30.4. The van der Waals surface area contributed by atoms with Crippen LogP contribution in [-0.2, 0) is 18.3 Å². The van der Waals surface area contributed by atoms with Gasteiger partial charge in [0.25, 0.3) is 5.56 Å². The maximum Gasteiger partial charge on any atom is 0.334 e. The molecule has 5 rings (SSSR count). The Morgan fingerprint density at radius 1 is 1.06 bits per heavy atom. The molecule has 3 heterocycles. The fourth-order valence-corrected chi connectivity index (χ4v) is 4.23. The first-order chi connectivity index (χ1) is 16.9. The first kappa shape index (κ1) is 22.4. The number of methoxy groups -OCH3 is 1. The van der Waals surface area contributed by atoms with Crippen LogP contribution in [-0.4, -0.2) is 46.4 Å². The van der Waals surface area contributed by atoms with Crippen LogP contribution < -0.4 is 11.2 Å². The molecule has 0 amide bonds. The molecule has 0 saturated carbocycles. The number of aryl methyl sites for hydroxylation is 1. The zero-order chi connectivity index (χ0) is 24.7. The Labute approximate surface area is 199 Å². The normalized spacial score (nSPS) is 12.3. The molecule has 5 aromatic rings. The van der Waals surface area contributed by atoms with Crippen LogP contribution in [0, 0.1) is 6.92 Å². The van der Waals surface area contributed by atoms with E-state index in [1.807, 2.05) is 60.0 Å². The van der Waals surface area contributed by atoms with Crippen molar-refractivity contribution in [2.75, 3.05) is 7.11 Å². The summed E-state index contributed by atoms with van der Waals surface area (Å²) in [6.45, 7) is 3.98. The van der Waals surface area contributed by atoms with Gasteiger partial charge < -0.3 is 9.30 Å². The third kappa shape index (κ3) is 3.75. The van der Waals surface area contributed by atoms with Crippen molar-refractivity contribution in [3.05, 3.63) is 80.8 Å². The van der Waals surface area contributed by atoms with E-state index in [2.05, 4.69) is 25.6 Å². The standard InChI is InChI=1S/C24H24N8O3/c1-14-25-22-20(23(33)30(3)24(34)32(22)15(2)35-4)31(14)13-16-9-11-17(12-10-16)18-7-5-6-8-19(18)21-26-28-29-27-21/h5-12,15H,13H2,1-4H3,(H,26,27,28,29). The average molecular weight is 473 g/mol. The molecule has 1 atom stereocenters. The van der Waals surface area contributed by atoms with E-state index in [1.165, 1.54) is 18.7 Å². The van der Waals surface area contributed by atoms with Gasteiger partial charge in [0.1, 0.15) is 12.1 Å². The molecule has 11 nitrogen and oxygen atoms in total. The van der Waals surface area contributed by atoms with Crippen LogP contribution in [0.3, 0.4) is 0 Å². The second kappa shape index (κ2) is 8.76. The Morgan fingerprint density at radius 2 is 1.77 bits per heavy atom. The molecule has 0 radical (unpaired) electrons. The van der Waals surface area contributed by atoms with Crippen LogP contribution in [0.25, 0.3) is 33.7 Å². The van der Waals surface area contributed by atoms with E-state index in [0.29, 0.717) is 29.4 Å². The van der Waals surface area contributed by atoms with Gasteiger partial charge in [-0.05, 0) is 35.8 Å². The number of hydrogen-bond acceptors (Lipinski definition) is 7. The van der Waals surface area contributed by atoms with Gasteiger partial charge in [0, 0.05) is 26.3 Å². The van der Waals surface area contributed by atoms with E-state index >= 15 is 0 Å². The summed E-state index contributed by atoms with van der Waals surface area (Å²) >= 11 is 0. The molecule has 35 heavy (non-hydrogen) atoms. The summed E-state index contributed by atoms with van der Waals surface area (Å²) in [5, 5.41) is 14.4. The third-order valence-electron chi connectivity index (χ3n) is 6.19. The smallest absolute Gasteiger partial charge is 0.334 e. The number of ether oxygens (including phenoxy) is 1. The van der Waals surface area contributed by atoms with Gasteiger partial charge in [-0.2, -0.15) is 5.21 Å². The monoisotopic (exact) mass is 472 g/mol. The van der Waals surface area contributed by atoms with Gasteiger partial charge in [0.2, 0.25) is 5.82 Å². The Kier molecular flexibility index (Phi) is 5.61. The van der Waals surface area contributed by atoms with Crippen LogP contribution in [0.5, 0.6) is 0 Å². The predicted molar refractivity (Wildman–Crippen MR) is 130 cm³/mol. The molecule has 1 unspecified atom stereocenters. The molecule has 1 N–H and O–H groups in total. The fourth-order valence-electron chi connectivity index (χ4n) is 4.23. The third-order valence-corrected chi connectivity index (χ3v) is 6.19. The summed E-state index contributed by atoms with van der Waals surface area (Å²) in [7, 11) is 2.97. The van der Waals surface area contributed by atoms with Crippen molar-refractivity contribution < 1.29 is 4.74 Å². The fraction of sp³-hybridized carbons (Fsp3) is 0.250. The van der Waals surface area contributed by atoms with Crippen molar-refractivity contribution in [2.45, 2.75) is 26.6 Å². The Hall–Kier alpha value is -4.38. The molecule has 0 saturated heterocycles. The number of fused-ring (bicyclic) bond motifs is 1. The van der Waals surface area contributed by atoms with Crippen LogP contribution in [0.15, 0.2) is 58.1 Å². The maximum atomic E-state index is 13.1. The molecule has 0 aliphatic carbocycles. The highest BCUT2D eigenvalue weighted by molar-refractivity contribution is 5.80. The van der Waals surface area contributed by atoms with Gasteiger partial charge in [0.05, 0.1) is 0 Å². The number of rotatable bonds is 6. The summed E-state index contributed by atoms with van der Waals surface area (Å²) < 4.78 is 9.69. The molecule has 3 aromatic heterocycles. The minimum atomic E-state index is -0.571. The Morgan fingerprint density at radius 3 is 2.43 bits per heavy atom. The molecular weight excluding hydrogens is 448 g/mol. The highest BCUT2D eigenvalue weighted by Gasteiger charge is 2.21. The number of imidazole rings is 1. The van der Waals surface area contributed by atoms with Crippen molar-refractivity contribution in [1.29, 1.82) is 0 Å². The number of benzene rings is 2. The van der Waals surface area contributed by atoms with E-state index in [-0.39, 0.29) is 0 Å². The van der Waals surface area contributed by atoms with Crippen molar-refractivity contribution in [3.8, 4) is 22.5 Å². The SMILES string of the molecule is COC(C)n1c(=O)n(C)c(=O)c2c1nc(C)n2Cc1ccc(-c2ccccc2-c2nn[nH]n2)cc1. The first-order valence-corrected chi connectivity index (χ1v) is 11.0. The second-order valence-corrected chi connectivity index (χ2v) is 8.25. The minimum absolute atomic E-state index is 0.315. The highest BCUT2D eigenvalue weighted by atomic mass is 16.5. The molecule has 0 aliphatic rings. The number of nitrogens with one attached hydrogen (secondary N) is 1. The van der Waals surface area contributed by atoms with Crippen LogP contribution in [0.4, 0.5) is 0 Å². The molecule has 0 spiro atoms. The quantitative estimate of drug-likeness (QED) is 0.402. The Bertz CT molecular complexity index is 1630. The molecular formula is C24H24N8O3. The van der Waals surface area contributed by atoms with Gasteiger partial charge in [-0.25, -0.2) is 14.3 Å². The van der Waals surface area contributed by atoms with Crippen molar-refractivity contribution in [2.24, 2.45) is 7.05 Å². The number of H-pyrrole nitrogens is 1. The zero-order valence-electron chi connectivity index (χ0n) is 19.8. The highest BCUT2D eigenvalue weighted by Crippen LogP contribution is 2.30. The van der Waals surface area contributed by atoms with Crippen LogP contribution in [0.1, 0.15) is 24.5 Å². The minimum Gasteiger partial charge on any atom is -0.361 e. The topological polar surface area (TPSA) is 126 Å². The van der Waals surface area contributed by atoms with Gasteiger partial charge >= 0.3 is 5.69 Å². The number of nitrogens with zero attached hydrogens (tertiary/aromatic N) is 7. The maximum absolute atomic E-state index is 13.1. The van der Waals surface area contributed by atoms with E-state index < -0.39 is 17.5 Å². The number of aromatic nitrogens is 8. The first-order valence-electron chi connectivity index (χ1n) is 11.0. The van der Waals surface area contributed by atoms with E-state index in [0.717, 1.165) is 26.8 Å². The lowest BCUT2D eigenvalue weighted by atomic mass is 9.98. The molecule has 11 heteroatoms. The lowest BCUT2D eigenvalue weighted by Crippen LogP contribution is -2.40. The van der Waals surface area contributed by atoms with Gasteiger partial charge in [-0.1, -0.05) is 48.5 Å². The summed E-state index contributed by atoms with van der Waals surface area (Å²) in [6, 6.07) is 15.9. The predicted octanol–water partition coefficient (Wildman–Crippen LogP) is 2.27. The van der Waals surface area contributed by atoms with Gasteiger partial charge in [-0.3, -0.25) is 9.36 Å². The van der Waals surface area contributed by atoms with Crippen LogP contribution in [0.2, 0.25) is 0 Å². The van der Waals surface area contributed by atoms with Crippen molar-refractivity contribution in [1.82, 2.24) is 39.3 Å². The molecule has 178 valence electrons. The van der Waals surface area contributed by atoms with Crippen molar-refractivity contribution in [3.63, 3.8) is 0 Å². The largest absolute Gasteiger partial charge is 0.361 e. The van der Waals surface area contributed by atoms with Crippen molar-refractivity contribution >= 4 is 11.2 Å². The molecule has 0 bridgehead atoms. The number of aromatic amines is 1. The number of hydrogen-bond donors (Lipinski definition) is 1. The van der Waals surface area contributed by atoms with E-state index in [4.69, 9.17) is 4.74 Å².